The Hall–Kier alpha value is -1.96. The molecular formula is C15H21N3O4S. The number of ether oxygens (including phenoxy) is 1. The summed E-state index contributed by atoms with van der Waals surface area (Å²) >= 11 is 1.57. The number of hydrogen-bond donors (Lipinski definition) is 0. The Morgan fingerprint density at radius 1 is 1.39 bits per heavy atom. The molecule has 1 aliphatic heterocycles. The molecule has 7 nitrogen and oxygen atoms in total. The molecule has 23 heavy (non-hydrogen) atoms. The monoisotopic (exact) mass is 339 g/mol. The molecular weight excluding hydrogens is 318 g/mol. The Morgan fingerprint density at radius 3 is 2.43 bits per heavy atom. The maximum atomic E-state index is 12.4. The van der Waals surface area contributed by atoms with Gasteiger partial charge in [0, 0.05) is 11.9 Å². The molecule has 0 radical (unpaired) electrons. The molecule has 1 fully saturated rings. The number of hydrogen-bond acceptors (Lipinski definition) is 6. The highest BCUT2D eigenvalue weighted by Crippen LogP contribution is 2.27. The van der Waals surface area contributed by atoms with E-state index in [1.165, 1.54) is 18.7 Å². The quantitative estimate of drug-likeness (QED) is 0.838. The van der Waals surface area contributed by atoms with Crippen LogP contribution >= 0.6 is 11.3 Å². The van der Waals surface area contributed by atoms with Gasteiger partial charge < -0.3 is 9.64 Å². The Bertz CT molecular complexity index is 668. The molecule has 0 bridgehead atoms. The average Bonchev–Trinajstić information content (AvgIpc) is 2.88. The summed E-state index contributed by atoms with van der Waals surface area (Å²) in [6, 6.07) is -0.241. The van der Waals surface area contributed by atoms with Crippen molar-refractivity contribution in [1.29, 1.82) is 0 Å². The first-order valence-electron chi connectivity index (χ1n) is 7.29. The Balaban J connectivity index is 2.10. The molecule has 8 heteroatoms. The fourth-order valence-electron chi connectivity index (χ4n) is 2.44. The number of amides is 3. The Kier molecular flexibility index (Phi) is 4.48. The molecule has 0 aliphatic carbocycles. The van der Waals surface area contributed by atoms with Gasteiger partial charge >= 0.3 is 6.09 Å². The van der Waals surface area contributed by atoms with Gasteiger partial charge in [-0.1, -0.05) is 0 Å². The minimum atomic E-state index is -1.22. The summed E-state index contributed by atoms with van der Waals surface area (Å²) in [5.41, 5.74) is -0.386. The number of aryl methyl sites for hydroxylation is 2. The van der Waals surface area contributed by atoms with Crippen LogP contribution in [-0.2, 0) is 14.3 Å². The van der Waals surface area contributed by atoms with Gasteiger partial charge in [-0.05, 0) is 34.6 Å². The predicted molar refractivity (Wildman–Crippen MR) is 85.0 cm³/mol. The Labute approximate surface area is 139 Å². The lowest BCUT2D eigenvalue weighted by Crippen LogP contribution is -2.44. The number of carbonyl (C=O) groups excluding carboxylic acids is 3. The molecule has 1 atom stereocenters. The molecule has 1 saturated heterocycles. The molecule has 1 aromatic heterocycles. The van der Waals surface area contributed by atoms with Crippen molar-refractivity contribution in [3.63, 3.8) is 0 Å². The first-order valence-corrected chi connectivity index (χ1v) is 8.10. The van der Waals surface area contributed by atoms with Crippen molar-refractivity contribution in [2.75, 3.05) is 13.6 Å². The molecule has 0 aromatic carbocycles. The highest BCUT2D eigenvalue weighted by molar-refractivity contribution is 7.11. The van der Waals surface area contributed by atoms with Crippen LogP contribution in [0, 0.1) is 13.8 Å². The number of carbonyl (C=O) groups is 3. The third-order valence-electron chi connectivity index (χ3n) is 3.93. The van der Waals surface area contributed by atoms with E-state index < -0.39 is 17.6 Å². The van der Waals surface area contributed by atoms with Crippen LogP contribution in [0.1, 0.15) is 42.4 Å². The third kappa shape index (κ3) is 3.21. The zero-order valence-corrected chi connectivity index (χ0v) is 15.0. The largest absolute Gasteiger partial charge is 0.433 e. The third-order valence-corrected chi connectivity index (χ3v) is 4.83. The van der Waals surface area contributed by atoms with Gasteiger partial charge in [-0.15, -0.1) is 11.3 Å². The second kappa shape index (κ2) is 5.92. The van der Waals surface area contributed by atoms with Gasteiger partial charge in [-0.3, -0.25) is 9.59 Å². The van der Waals surface area contributed by atoms with Gasteiger partial charge in [-0.2, -0.15) is 0 Å². The average molecular weight is 339 g/mol. The fourth-order valence-corrected chi connectivity index (χ4v) is 3.35. The highest BCUT2D eigenvalue weighted by Gasteiger charge is 2.48. The van der Waals surface area contributed by atoms with Crippen molar-refractivity contribution in [2.24, 2.45) is 0 Å². The number of thiazole rings is 1. The van der Waals surface area contributed by atoms with E-state index in [0.29, 0.717) is 0 Å². The first kappa shape index (κ1) is 17.4. The SMILES string of the molecule is Cc1nc([C@H](C)N(C)C(=O)CN2C(=O)OC(C)(C)C2=O)c(C)s1. The number of nitrogens with zero attached hydrogens (tertiary/aromatic N) is 3. The topological polar surface area (TPSA) is 79.8 Å². The van der Waals surface area contributed by atoms with Gasteiger partial charge in [0.25, 0.3) is 5.91 Å². The van der Waals surface area contributed by atoms with E-state index in [-0.39, 0.29) is 18.5 Å². The smallest absolute Gasteiger partial charge is 0.418 e. The van der Waals surface area contributed by atoms with Crippen LogP contribution < -0.4 is 0 Å². The van der Waals surface area contributed by atoms with Gasteiger partial charge in [0.15, 0.2) is 5.60 Å². The van der Waals surface area contributed by atoms with Crippen molar-refractivity contribution in [3.8, 4) is 0 Å². The number of likely N-dealkylation sites (N-methyl/N-ethyl adjacent to an activating group) is 1. The van der Waals surface area contributed by atoms with E-state index >= 15 is 0 Å². The summed E-state index contributed by atoms with van der Waals surface area (Å²) in [5, 5.41) is 0.935. The van der Waals surface area contributed by atoms with Crippen molar-refractivity contribution in [1.82, 2.24) is 14.8 Å². The number of cyclic esters (lactones) is 1. The fraction of sp³-hybridized carbons (Fsp3) is 0.600. The first-order chi connectivity index (χ1) is 10.5. The van der Waals surface area contributed by atoms with Gasteiger partial charge in [0.05, 0.1) is 16.7 Å². The van der Waals surface area contributed by atoms with Crippen molar-refractivity contribution in [2.45, 2.75) is 46.3 Å². The van der Waals surface area contributed by atoms with Crippen LogP contribution in [0.2, 0.25) is 0 Å². The van der Waals surface area contributed by atoms with E-state index in [9.17, 15) is 14.4 Å². The summed E-state index contributed by atoms with van der Waals surface area (Å²) in [5.74, 6) is -0.844. The number of aromatic nitrogens is 1. The number of rotatable bonds is 4. The molecule has 0 saturated carbocycles. The molecule has 1 aromatic rings. The molecule has 2 rings (SSSR count). The standard InChI is InChI=1S/C15H21N3O4S/c1-8(12-9(2)23-10(3)16-12)17(6)11(19)7-18-13(20)15(4,5)22-14(18)21/h8H,7H2,1-6H3/t8-/m0/s1. The second-order valence-electron chi connectivity index (χ2n) is 6.12. The lowest BCUT2D eigenvalue weighted by molar-refractivity contribution is -0.140. The van der Waals surface area contributed by atoms with Crippen LogP contribution in [0.3, 0.4) is 0 Å². The van der Waals surface area contributed by atoms with Crippen LogP contribution in [0.25, 0.3) is 0 Å². The highest BCUT2D eigenvalue weighted by atomic mass is 32.1. The van der Waals surface area contributed by atoms with Crippen molar-refractivity contribution in [3.05, 3.63) is 15.6 Å². The van der Waals surface area contributed by atoms with E-state index in [2.05, 4.69) is 4.98 Å². The zero-order chi connectivity index (χ0) is 17.5. The summed E-state index contributed by atoms with van der Waals surface area (Å²) in [4.78, 5) is 44.1. The van der Waals surface area contributed by atoms with E-state index in [1.807, 2.05) is 20.8 Å². The van der Waals surface area contributed by atoms with Crippen molar-refractivity contribution >= 4 is 29.2 Å². The van der Waals surface area contributed by atoms with Crippen LogP contribution in [0.5, 0.6) is 0 Å². The molecule has 1 aliphatic rings. The van der Waals surface area contributed by atoms with Crippen LogP contribution in [-0.4, -0.2) is 51.9 Å². The summed E-state index contributed by atoms with van der Waals surface area (Å²) in [7, 11) is 1.64. The summed E-state index contributed by atoms with van der Waals surface area (Å²) in [6.45, 7) is 8.42. The molecule has 0 unspecified atom stereocenters. The maximum Gasteiger partial charge on any atom is 0.418 e. The number of imide groups is 1. The normalized spacial score (nSPS) is 18.1. The van der Waals surface area contributed by atoms with Crippen LogP contribution in [0.4, 0.5) is 4.79 Å². The van der Waals surface area contributed by atoms with Crippen molar-refractivity contribution < 1.29 is 19.1 Å². The molecule has 126 valence electrons. The maximum absolute atomic E-state index is 12.4. The zero-order valence-electron chi connectivity index (χ0n) is 14.2. The minimum Gasteiger partial charge on any atom is -0.433 e. The van der Waals surface area contributed by atoms with Gasteiger partial charge in [0.2, 0.25) is 5.91 Å². The Morgan fingerprint density at radius 2 is 2.00 bits per heavy atom. The van der Waals surface area contributed by atoms with E-state index in [1.54, 1.807) is 18.4 Å². The van der Waals surface area contributed by atoms with Crippen LogP contribution in [0.15, 0.2) is 0 Å². The van der Waals surface area contributed by atoms with Gasteiger partial charge in [0.1, 0.15) is 6.54 Å². The molecule has 3 amide bonds. The lowest BCUT2D eigenvalue weighted by atomic mass is 10.1. The molecule has 0 spiro atoms. The summed E-state index contributed by atoms with van der Waals surface area (Å²) in [6.07, 6.45) is -0.782. The van der Waals surface area contributed by atoms with Gasteiger partial charge in [-0.25, -0.2) is 14.7 Å². The molecule has 0 N–H and O–H groups in total. The summed E-state index contributed by atoms with van der Waals surface area (Å²) < 4.78 is 4.98. The second-order valence-corrected chi connectivity index (χ2v) is 7.53. The minimum absolute atomic E-state index is 0.241. The lowest BCUT2D eigenvalue weighted by Gasteiger charge is -2.25. The molecule has 2 heterocycles. The predicted octanol–water partition coefficient (Wildman–Crippen LogP) is 2.04. The van der Waals surface area contributed by atoms with E-state index in [0.717, 1.165) is 20.5 Å². The van der Waals surface area contributed by atoms with E-state index in [4.69, 9.17) is 4.74 Å².